The van der Waals surface area contributed by atoms with Gasteiger partial charge < -0.3 is 10.2 Å². The van der Waals surface area contributed by atoms with Crippen LogP contribution in [0.2, 0.25) is 0 Å². The average molecular weight is 362 g/mol. The van der Waals surface area contributed by atoms with Gasteiger partial charge in [-0.25, -0.2) is 9.97 Å². The molecule has 0 atom stereocenters. The molecule has 27 heavy (non-hydrogen) atoms. The molecule has 0 bridgehead atoms. The number of rotatable bonds is 6. The molecule has 6 heteroatoms. The predicted molar refractivity (Wildman–Crippen MR) is 110 cm³/mol. The molecular formula is C21H26N6. The van der Waals surface area contributed by atoms with E-state index in [4.69, 9.17) is 9.97 Å². The first-order valence-electron chi connectivity index (χ1n) is 9.69. The Morgan fingerprint density at radius 1 is 0.926 bits per heavy atom. The van der Waals surface area contributed by atoms with E-state index < -0.39 is 0 Å². The third-order valence-electron chi connectivity index (χ3n) is 5.17. The summed E-state index contributed by atoms with van der Waals surface area (Å²) in [4.78, 5) is 18.6. The van der Waals surface area contributed by atoms with Gasteiger partial charge in [-0.2, -0.15) is 0 Å². The van der Waals surface area contributed by atoms with Crippen LogP contribution in [0.5, 0.6) is 0 Å². The van der Waals surface area contributed by atoms with Crippen molar-refractivity contribution >= 4 is 16.7 Å². The molecule has 0 saturated carbocycles. The van der Waals surface area contributed by atoms with Crippen LogP contribution >= 0.6 is 0 Å². The highest BCUT2D eigenvalue weighted by molar-refractivity contribution is 5.90. The third-order valence-corrected chi connectivity index (χ3v) is 5.17. The fourth-order valence-electron chi connectivity index (χ4n) is 3.50. The molecule has 1 N–H and O–H groups in total. The van der Waals surface area contributed by atoms with E-state index in [1.807, 2.05) is 30.3 Å². The maximum atomic E-state index is 4.80. The van der Waals surface area contributed by atoms with Crippen LogP contribution in [-0.4, -0.2) is 70.6 Å². The Morgan fingerprint density at radius 3 is 2.44 bits per heavy atom. The minimum absolute atomic E-state index is 0.732. The summed E-state index contributed by atoms with van der Waals surface area (Å²) in [6.45, 7) is 9.90. The van der Waals surface area contributed by atoms with Gasteiger partial charge in [0.05, 0.1) is 5.52 Å². The molecule has 0 radical (unpaired) electrons. The van der Waals surface area contributed by atoms with E-state index in [0.29, 0.717) is 0 Å². The van der Waals surface area contributed by atoms with E-state index in [-0.39, 0.29) is 0 Å². The number of aromatic nitrogens is 3. The molecule has 4 rings (SSSR count). The maximum absolute atomic E-state index is 4.80. The minimum atomic E-state index is 0.732. The molecule has 1 fully saturated rings. The van der Waals surface area contributed by atoms with Gasteiger partial charge in [0, 0.05) is 62.6 Å². The van der Waals surface area contributed by atoms with Crippen LogP contribution in [0.4, 0.5) is 5.82 Å². The van der Waals surface area contributed by atoms with Crippen molar-refractivity contribution in [3.05, 3.63) is 48.8 Å². The number of nitrogens with one attached hydrogen (secondary N) is 1. The fraction of sp³-hybridized carbons (Fsp3) is 0.381. The number of likely N-dealkylation sites (N-methyl/N-ethyl adjacent to an activating group) is 1. The smallest absolute Gasteiger partial charge is 0.162 e. The minimum Gasteiger partial charge on any atom is -0.368 e. The Hall–Kier alpha value is -2.57. The summed E-state index contributed by atoms with van der Waals surface area (Å²) < 4.78 is 0. The Labute approximate surface area is 160 Å². The molecule has 3 aromatic rings. The fourth-order valence-corrected chi connectivity index (χ4v) is 3.50. The van der Waals surface area contributed by atoms with E-state index in [9.17, 15) is 0 Å². The van der Waals surface area contributed by atoms with E-state index in [1.54, 1.807) is 12.4 Å². The van der Waals surface area contributed by atoms with E-state index >= 15 is 0 Å². The Bertz CT molecular complexity index is 874. The van der Waals surface area contributed by atoms with Crippen LogP contribution in [0.25, 0.3) is 22.3 Å². The molecule has 6 nitrogen and oxygen atoms in total. The standard InChI is InChI=1S/C21H26N6/c1-2-26-13-15-27(16-14-26)12-11-23-21-18-5-3-4-6-19(18)24-20(25-21)17-7-9-22-10-8-17/h3-10H,2,11-16H2,1H3,(H,23,24,25). The van der Waals surface area contributed by atoms with Crippen LogP contribution in [0.1, 0.15) is 6.92 Å². The van der Waals surface area contributed by atoms with Crippen molar-refractivity contribution in [2.75, 3.05) is 51.1 Å². The van der Waals surface area contributed by atoms with Crippen molar-refractivity contribution < 1.29 is 0 Å². The van der Waals surface area contributed by atoms with E-state index in [0.717, 1.165) is 60.8 Å². The molecule has 140 valence electrons. The van der Waals surface area contributed by atoms with Gasteiger partial charge >= 0.3 is 0 Å². The second kappa shape index (κ2) is 8.41. The van der Waals surface area contributed by atoms with Crippen molar-refractivity contribution in [1.82, 2.24) is 24.8 Å². The zero-order chi connectivity index (χ0) is 18.5. The summed E-state index contributed by atoms with van der Waals surface area (Å²) in [6.07, 6.45) is 3.55. The first kappa shape index (κ1) is 17.8. The third kappa shape index (κ3) is 4.23. The van der Waals surface area contributed by atoms with Gasteiger partial charge in [0.1, 0.15) is 5.82 Å². The predicted octanol–water partition coefficient (Wildman–Crippen LogP) is 2.74. The number of benzene rings is 1. The largest absolute Gasteiger partial charge is 0.368 e. The summed E-state index contributed by atoms with van der Waals surface area (Å²) in [5.74, 6) is 1.63. The molecule has 0 spiro atoms. The highest BCUT2D eigenvalue weighted by Crippen LogP contribution is 2.24. The number of nitrogens with zero attached hydrogens (tertiary/aromatic N) is 5. The Morgan fingerprint density at radius 2 is 1.67 bits per heavy atom. The highest BCUT2D eigenvalue weighted by atomic mass is 15.3. The number of piperazine rings is 1. The number of para-hydroxylation sites is 1. The van der Waals surface area contributed by atoms with Gasteiger partial charge in [-0.15, -0.1) is 0 Å². The van der Waals surface area contributed by atoms with Gasteiger partial charge in [-0.3, -0.25) is 9.88 Å². The van der Waals surface area contributed by atoms with E-state index in [2.05, 4.69) is 33.1 Å². The van der Waals surface area contributed by atoms with Crippen LogP contribution in [0, 0.1) is 0 Å². The molecule has 1 aromatic carbocycles. The van der Waals surface area contributed by atoms with Crippen molar-refractivity contribution in [3.8, 4) is 11.4 Å². The zero-order valence-corrected chi connectivity index (χ0v) is 15.8. The van der Waals surface area contributed by atoms with Crippen molar-refractivity contribution in [1.29, 1.82) is 0 Å². The number of hydrogen-bond acceptors (Lipinski definition) is 6. The molecule has 3 heterocycles. The second-order valence-corrected chi connectivity index (χ2v) is 6.85. The van der Waals surface area contributed by atoms with Gasteiger partial charge in [0.2, 0.25) is 0 Å². The Balaban J connectivity index is 1.49. The molecular weight excluding hydrogens is 336 g/mol. The van der Waals surface area contributed by atoms with Crippen molar-refractivity contribution in [2.24, 2.45) is 0 Å². The summed E-state index contributed by atoms with van der Waals surface area (Å²) in [7, 11) is 0. The average Bonchev–Trinajstić information content (AvgIpc) is 2.74. The quantitative estimate of drug-likeness (QED) is 0.728. The van der Waals surface area contributed by atoms with Gasteiger partial charge in [0.25, 0.3) is 0 Å². The van der Waals surface area contributed by atoms with Crippen molar-refractivity contribution in [2.45, 2.75) is 6.92 Å². The number of pyridine rings is 1. The number of fused-ring (bicyclic) bond motifs is 1. The van der Waals surface area contributed by atoms with Crippen molar-refractivity contribution in [3.63, 3.8) is 0 Å². The summed E-state index contributed by atoms with van der Waals surface area (Å²) in [6, 6.07) is 12.1. The normalized spacial score (nSPS) is 15.9. The molecule has 0 aliphatic carbocycles. The zero-order valence-electron chi connectivity index (χ0n) is 15.8. The van der Waals surface area contributed by atoms with Crippen LogP contribution in [-0.2, 0) is 0 Å². The lowest BCUT2D eigenvalue weighted by Crippen LogP contribution is -2.47. The van der Waals surface area contributed by atoms with Crippen LogP contribution < -0.4 is 5.32 Å². The molecule has 1 aliphatic heterocycles. The monoisotopic (exact) mass is 362 g/mol. The van der Waals surface area contributed by atoms with Gasteiger partial charge in [0.15, 0.2) is 5.82 Å². The SMILES string of the molecule is CCN1CCN(CCNc2nc(-c3ccncc3)nc3ccccc23)CC1. The lowest BCUT2D eigenvalue weighted by Gasteiger charge is -2.34. The summed E-state index contributed by atoms with van der Waals surface area (Å²) >= 11 is 0. The lowest BCUT2D eigenvalue weighted by atomic mass is 10.2. The summed E-state index contributed by atoms with van der Waals surface area (Å²) in [5.41, 5.74) is 1.94. The first-order chi connectivity index (χ1) is 13.3. The maximum Gasteiger partial charge on any atom is 0.162 e. The molecule has 0 unspecified atom stereocenters. The van der Waals surface area contributed by atoms with Gasteiger partial charge in [-0.05, 0) is 30.8 Å². The second-order valence-electron chi connectivity index (χ2n) is 6.85. The lowest BCUT2D eigenvalue weighted by molar-refractivity contribution is 0.141. The van der Waals surface area contributed by atoms with E-state index in [1.165, 1.54) is 13.1 Å². The Kier molecular flexibility index (Phi) is 5.55. The van der Waals surface area contributed by atoms with Crippen LogP contribution in [0.15, 0.2) is 48.8 Å². The summed E-state index contributed by atoms with van der Waals surface area (Å²) in [5, 5.41) is 4.61. The number of anilines is 1. The first-order valence-corrected chi connectivity index (χ1v) is 9.69. The number of hydrogen-bond donors (Lipinski definition) is 1. The topological polar surface area (TPSA) is 57.2 Å². The van der Waals surface area contributed by atoms with Gasteiger partial charge in [-0.1, -0.05) is 19.1 Å². The highest BCUT2D eigenvalue weighted by Gasteiger charge is 2.15. The molecule has 0 amide bonds. The molecule has 1 aliphatic rings. The molecule has 1 saturated heterocycles. The molecule has 2 aromatic heterocycles. The van der Waals surface area contributed by atoms with Crippen LogP contribution in [0.3, 0.4) is 0 Å².